The zero-order valence-electron chi connectivity index (χ0n) is 48.4. The maximum atomic E-state index is 12.1. The Morgan fingerprint density at radius 3 is 1.86 bits per heavy atom. The van der Waals surface area contributed by atoms with Crippen molar-refractivity contribution in [1.29, 1.82) is 0 Å². The van der Waals surface area contributed by atoms with Gasteiger partial charge in [-0.3, -0.25) is 29.5 Å². The average molecular weight is 1170 g/mol. The third-order valence-corrected chi connectivity index (χ3v) is 16.4. The van der Waals surface area contributed by atoms with Crippen molar-refractivity contribution in [2.24, 2.45) is 5.92 Å². The van der Waals surface area contributed by atoms with Gasteiger partial charge in [-0.15, -0.1) is 11.3 Å². The van der Waals surface area contributed by atoms with Gasteiger partial charge in [-0.1, -0.05) is 66.7 Å². The standard InChI is InChI=1S/C21H27N7O.C21H28N4O3S.C21H24N4O2/c1-3-16(7-22-5-1)9-24-11-18-12-25-14-20(21(18)19-13-26-15-27-19)29-28-10-17-4-2-6-23-8-17;1-24(2)21(26)20-23-11-16(29-20)14-27-17-12-22-13-18(19(17)25-9-6-10-25)28-15-7-4-3-5-8-15;1-2-5-17(6-3-1)14-26-19-12-24-13-20(21(19)25-10-9-23-16-25)27-15-18-7-4-8-22-11-18/h1-8,13,15,18,20-21,24-25,28H,9-12,14H2,(H,26,27);3-5,7-8,11,17-19,22H,6,9-10,12-14H2,1-2H3;1-11,16,19-21,24H,12-15H2. The van der Waals surface area contributed by atoms with Gasteiger partial charge in [0.25, 0.3) is 5.91 Å². The number of aromatic amines is 1. The normalized spacial score (nSPS) is 23.1. The summed E-state index contributed by atoms with van der Waals surface area (Å²) >= 11 is 1.40. The number of para-hydroxylation sites is 1. The van der Waals surface area contributed by atoms with Gasteiger partial charge >= 0.3 is 0 Å². The number of hydrogen-bond acceptors (Lipinski definition) is 19. The molecule has 0 saturated carbocycles. The molecular formula is C63H79N15O6S. The molecule has 22 heteroatoms. The molecule has 6 N–H and O–H groups in total. The van der Waals surface area contributed by atoms with E-state index < -0.39 is 0 Å². The second-order valence-electron chi connectivity index (χ2n) is 21.7. The number of ether oxygens (including phenoxy) is 4. The SMILES string of the molecule is CN(C)C(=O)c1ncc(COC2CNCC(Oc3ccccc3)C2N2CCC2)s1.c1ccc(COC2CNCC(OCc3cccnc3)C2n2ccnc2)cc1.c1cncc(CNCC2CNCC(ONCc3cccnc3)C2c2cnc[nH]2)c1. The first kappa shape index (κ1) is 60.9. The van der Waals surface area contributed by atoms with Crippen LogP contribution < -0.4 is 31.5 Å². The summed E-state index contributed by atoms with van der Waals surface area (Å²) in [5.41, 5.74) is 8.73. The van der Waals surface area contributed by atoms with Crippen molar-refractivity contribution in [3.8, 4) is 5.75 Å². The van der Waals surface area contributed by atoms with Gasteiger partial charge in [-0.05, 0) is 78.0 Å². The Bertz CT molecular complexity index is 2990. The molecule has 12 rings (SSSR count). The van der Waals surface area contributed by atoms with E-state index in [1.807, 2.05) is 116 Å². The Kier molecular flexibility index (Phi) is 23.2. The van der Waals surface area contributed by atoms with Crippen LogP contribution in [0.3, 0.4) is 0 Å². The molecule has 6 aromatic heterocycles. The number of nitrogens with zero attached hydrogens (tertiary/aromatic N) is 9. The molecule has 2 aromatic carbocycles. The zero-order chi connectivity index (χ0) is 58.3. The summed E-state index contributed by atoms with van der Waals surface area (Å²) in [4.78, 5) is 51.6. The van der Waals surface area contributed by atoms with Crippen LogP contribution in [0.5, 0.6) is 5.75 Å². The van der Waals surface area contributed by atoms with E-state index in [1.165, 1.54) is 28.9 Å². The molecule has 448 valence electrons. The van der Waals surface area contributed by atoms with Crippen molar-refractivity contribution < 1.29 is 28.6 Å². The fourth-order valence-corrected chi connectivity index (χ4v) is 11.9. The Hall–Kier alpha value is -7.19. The Morgan fingerprint density at radius 1 is 0.624 bits per heavy atom. The molecule has 10 heterocycles. The number of imidazole rings is 2. The lowest BCUT2D eigenvalue weighted by atomic mass is 9.82. The van der Waals surface area contributed by atoms with Crippen molar-refractivity contribution in [3.05, 3.63) is 210 Å². The predicted molar refractivity (Wildman–Crippen MR) is 324 cm³/mol. The van der Waals surface area contributed by atoms with Gasteiger partial charge in [0.1, 0.15) is 18.0 Å². The number of hydrogen-bond donors (Lipinski definition) is 6. The van der Waals surface area contributed by atoms with Crippen LogP contribution in [0, 0.1) is 5.92 Å². The first-order valence-corrected chi connectivity index (χ1v) is 30.1. The number of likely N-dealkylation sites (tertiary alicyclic amines) is 1. The van der Waals surface area contributed by atoms with Gasteiger partial charge in [0, 0.05) is 147 Å². The van der Waals surface area contributed by atoms with Crippen molar-refractivity contribution in [1.82, 2.24) is 76.0 Å². The number of pyridine rings is 3. The van der Waals surface area contributed by atoms with Gasteiger partial charge in [-0.25, -0.2) is 15.0 Å². The van der Waals surface area contributed by atoms with Gasteiger partial charge in [-0.2, -0.15) is 5.48 Å². The summed E-state index contributed by atoms with van der Waals surface area (Å²) in [6.07, 6.45) is 23.2. The minimum absolute atomic E-state index is 0.00736. The van der Waals surface area contributed by atoms with Crippen LogP contribution in [-0.4, -0.2) is 165 Å². The number of benzene rings is 2. The first-order valence-electron chi connectivity index (χ1n) is 29.3. The molecule has 1 amide bonds. The van der Waals surface area contributed by atoms with Gasteiger partial charge < -0.3 is 54.7 Å². The highest BCUT2D eigenvalue weighted by molar-refractivity contribution is 7.13. The molecule has 21 nitrogen and oxygen atoms in total. The monoisotopic (exact) mass is 1170 g/mol. The van der Waals surface area contributed by atoms with Crippen LogP contribution in [0.2, 0.25) is 0 Å². The van der Waals surface area contributed by atoms with Crippen LogP contribution in [0.25, 0.3) is 0 Å². The number of amides is 1. The molecule has 4 fully saturated rings. The molecule has 85 heavy (non-hydrogen) atoms. The second kappa shape index (κ2) is 32.4. The van der Waals surface area contributed by atoms with Crippen LogP contribution >= 0.6 is 11.3 Å². The first-order chi connectivity index (χ1) is 41.9. The number of H-pyrrole nitrogens is 1. The lowest BCUT2D eigenvalue weighted by molar-refractivity contribution is -0.0929. The molecule has 0 radical (unpaired) electrons. The molecule has 0 aliphatic carbocycles. The highest BCUT2D eigenvalue weighted by Gasteiger charge is 2.42. The molecule has 0 spiro atoms. The van der Waals surface area contributed by atoms with Crippen molar-refractivity contribution in [2.75, 3.05) is 73.0 Å². The Labute approximate surface area is 501 Å². The summed E-state index contributed by atoms with van der Waals surface area (Å²) in [5, 5.41) is 14.5. The van der Waals surface area contributed by atoms with Gasteiger partial charge in [0.15, 0.2) is 5.01 Å². The molecule has 4 aliphatic heterocycles. The quantitative estimate of drug-likeness (QED) is 0.0414. The van der Waals surface area contributed by atoms with Gasteiger partial charge in [0.2, 0.25) is 0 Å². The topological polar surface area (TPSA) is 228 Å². The lowest BCUT2D eigenvalue weighted by Gasteiger charge is -2.48. The van der Waals surface area contributed by atoms with Crippen LogP contribution in [0.15, 0.2) is 172 Å². The molecular weight excluding hydrogens is 1090 g/mol. The van der Waals surface area contributed by atoms with Crippen molar-refractivity contribution in [3.63, 3.8) is 0 Å². The molecule has 9 atom stereocenters. The highest BCUT2D eigenvalue weighted by Crippen LogP contribution is 2.32. The third kappa shape index (κ3) is 17.9. The maximum Gasteiger partial charge on any atom is 0.282 e. The van der Waals surface area contributed by atoms with E-state index in [0.29, 0.717) is 37.3 Å². The van der Waals surface area contributed by atoms with Gasteiger partial charge in [0.05, 0.1) is 67.7 Å². The van der Waals surface area contributed by atoms with Crippen molar-refractivity contribution in [2.45, 2.75) is 87.9 Å². The van der Waals surface area contributed by atoms with E-state index in [4.69, 9.17) is 23.8 Å². The number of thiazole rings is 1. The van der Waals surface area contributed by atoms with Crippen LogP contribution in [0.4, 0.5) is 0 Å². The number of piperidine rings is 3. The molecule has 4 aliphatic rings. The highest BCUT2D eigenvalue weighted by atomic mass is 32.1. The van der Waals surface area contributed by atoms with E-state index in [0.717, 1.165) is 92.9 Å². The third-order valence-electron chi connectivity index (χ3n) is 15.4. The number of rotatable bonds is 23. The predicted octanol–water partition coefficient (Wildman–Crippen LogP) is 5.83. The van der Waals surface area contributed by atoms with Crippen LogP contribution in [-0.2, 0) is 52.0 Å². The summed E-state index contributed by atoms with van der Waals surface area (Å²) in [6.45, 7) is 10.9. The number of aromatic nitrogens is 8. The number of carbonyl (C=O) groups is 1. The summed E-state index contributed by atoms with van der Waals surface area (Å²) in [7, 11) is 3.47. The molecule has 4 saturated heterocycles. The van der Waals surface area contributed by atoms with E-state index in [-0.39, 0.29) is 54.4 Å². The summed E-state index contributed by atoms with van der Waals surface area (Å²) in [5.74, 6) is 1.39. The van der Waals surface area contributed by atoms with Crippen LogP contribution in [0.1, 0.15) is 61.0 Å². The van der Waals surface area contributed by atoms with E-state index in [1.54, 1.807) is 56.3 Å². The lowest BCUT2D eigenvalue weighted by Crippen LogP contribution is -2.65. The minimum Gasteiger partial charge on any atom is -0.487 e. The fraction of sp³-hybridized carbons (Fsp3) is 0.413. The van der Waals surface area contributed by atoms with E-state index in [2.05, 4.69) is 89.3 Å². The average Bonchev–Trinajstić information content (AvgIpc) is 4.50. The number of nitrogens with one attached hydrogen (secondary N) is 6. The Morgan fingerprint density at radius 2 is 1.24 bits per heavy atom. The number of carbonyl (C=O) groups excluding carboxylic acids is 1. The minimum atomic E-state index is -0.0737. The molecule has 8 aromatic rings. The summed E-state index contributed by atoms with van der Waals surface area (Å²) in [6, 6.07) is 32.5. The zero-order valence-corrected chi connectivity index (χ0v) is 49.2. The second-order valence-corrected chi connectivity index (χ2v) is 22.8. The maximum absolute atomic E-state index is 12.1. The van der Waals surface area contributed by atoms with E-state index >= 15 is 0 Å². The Balaban J connectivity index is 0.000000142. The van der Waals surface area contributed by atoms with Crippen molar-refractivity contribution >= 4 is 17.2 Å². The fourth-order valence-electron chi connectivity index (χ4n) is 11.0. The molecule has 0 bridgehead atoms. The number of hydroxylamine groups is 1. The van der Waals surface area contributed by atoms with E-state index in [9.17, 15) is 4.79 Å². The largest absolute Gasteiger partial charge is 0.487 e. The molecule has 9 unspecified atom stereocenters. The smallest absolute Gasteiger partial charge is 0.282 e. The summed E-state index contributed by atoms with van der Waals surface area (Å²) < 4.78 is 27.3.